The number of rotatable bonds is 3. The number of hydrogen-bond acceptors (Lipinski definition) is 4. The molecule has 2 N–H and O–H groups in total. The molecule has 1 aromatic heterocycles. The molecule has 0 radical (unpaired) electrons. The van der Waals surface area contributed by atoms with Crippen molar-refractivity contribution in [2.24, 2.45) is 0 Å². The van der Waals surface area contributed by atoms with Gasteiger partial charge in [-0.1, -0.05) is 0 Å². The summed E-state index contributed by atoms with van der Waals surface area (Å²) in [5.74, 6) is 0.909. The quantitative estimate of drug-likeness (QED) is 0.843. The highest BCUT2D eigenvalue weighted by Gasteiger charge is 2.19. The van der Waals surface area contributed by atoms with Crippen LogP contribution < -0.4 is 5.32 Å². The molecule has 0 bridgehead atoms. The number of aromatic amines is 1. The topological polar surface area (TPSA) is 64.3 Å². The Bertz CT molecular complexity index is 452. The molecule has 3 rings (SSSR count). The molecule has 0 aromatic carbocycles. The number of imidazole rings is 1. The Balaban J connectivity index is 1.51. The predicted molar refractivity (Wildman–Crippen MR) is 77.8 cm³/mol. The van der Waals surface area contributed by atoms with Crippen LogP contribution in [0.15, 0.2) is 0 Å². The maximum atomic E-state index is 12.1. The minimum absolute atomic E-state index is 0.160. The highest BCUT2D eigenvalue weighted by atomic mass is 16.2. The maximum Gasteiger partial charge on any atom is 0.242 e. The van der Waals surface area contributed by atoms with Crippen molar-refractivity contribution >= 4 is 11.9 Å². The molecule has 1 aliphatic carbocycles. The zero-order valence-corrected chi connectivity index (χ0v) is 12.1. The summed E-state index contributed by atoms with van der Waals surface area (Å²) in [4.78, 5) is 24.1. The second-order valence-corrected chi connectivity index (χ2v) is 5.76. The van der Waals surface area contributed by atoms with Crippen LogP contribution in [0.1, 0.15) is 24.2 Å². The highest BCUT2D eigenvalue weighted by Crippen LogP contribution is 2.20. The van der Waals surface area contributed by atoms with Gasteiger partial charge in [0, 0.05) is 31.9 Å². The fraction of sp³-hybridized carbons (Fsp3) is 0.714. The summed E-state index contributed by atoms with van der Waals surface area (Å²) in [7, 11) is 2.09. The third kappa shape index (κ3) is 2.95. The molecule has 6 heteroatoms. The van der Waals surface area contributed by atoms with Crippen molar-refractivity contribution in [1.82, 2.24) is 19.8 Å². The van der Waals surface area contributed by atoms with Crippen LogP contribution in [0.2, 0.25) is 0 Å². The first-order valence-corrected chi connectivity index (χ1v) is 7.50. The fourth-order valence-corrected chi connectivity index (χ4v) is 2.86. The van der Waals surface area contributed by atoms with Gasteiger partial charge in [0.1, 0.15) is 0 Å². The van der Waals surface area contributed by atoms with Crippen LogP contribution in [0.5, 0.6) is 0 Å². The number of carbonyl (C=O) groups is 1. The van der Waals surface area contributed by atoms with Crippen LogP contribution in [0.3, 0.4) is 0 Å². The SMILES string of the molecule is CN1CCN(C(=O)CNc2nc3c([nH]2)CCCC3)CC1. The van der Waals surface area contributed by atoms with Gasteiger partial charge in [-0.05, 0) is 32.7 Å². The molecule has 1 fully saturated rings. The van der Waals surface area contributed by atoms with E-state index in [2.05, 4.69) is 27.2 Å². The zero-order valence-electron chi connectivity index (χ0n) is 12.1. The van der Waals surface area contributed by atoms with Crippen LogP contribution in [0.25, 0.3) is 0 Å². The second-order valence-electron chi connectivity index (χ2n) is 5.76. The number of H-pyrrole nitrogens is 1. The standard InChI is InChI=1S/C14H23N5O/c1-18-6-8-19(9-7-18)13(20)10-15-14-16-11-4-2-3-5-12(11)17-14/h2-10H2,1H3,(H2,15,16,17). The fourth-order valence-electron chi connectivity index (χ4n) is 2.86. The van der Waals surface area contributed by atoms with Crippen molar-refractivity contribution in [3.8, 4) is 0 Å². The predicted octanol–water partition coefficient (Wildman–Crippen LogP) is 0.474. The lowest BCUT2D eigenvalue weighted by Crippen LogP contribution is -2.48. The first kappa shape index (κ1) is 13.4. The number of hydrogen-bond donors (Lipinski definition) is 2. The number of piperazine rings is 1. The van der Waals surface area contributed by atoms with Gasteiger partial charge >= 0.3 is 0 Å². The molecule has 0 unspecified atom stereocenters. The van der Waals surface area contributed by atoms with E-state index in [1.54, 1.807) is 0 Å². The summed E-state index contributed by atoms with van der Waals surface area (Å²) < 4.78 is 0. The summed E-state index contributed by atoms with van der Waals surface area (Å²) in [6.45, 7) is 3.90. The van der Waals surface area contributed by atoms with Gasteiger partial charge in [0.2, 0.25) is 11.9 Å². The van der Waals surface area contributed by atoms with E-state index in [0.717, 1.165) is 45.0 Å². The van der Waals surface area contributed by atoms with Crippen molar-refractivity contribution in [1.29, 1.82) is 0 Å². The number of amides is 1. The van der Waals surface area contributed by atoms with Gasteiger partial charge in [0.15, 0.2) is 0 Å². The Morgan fingerprint density at radius 3 is 2.75 bits per heavy atom. The molecule has 0 spiro atoms. The number of nitrogens with zero attached hydrogens (tertiary/aromatic N) is 3. The van der Waals surface area contributed by atoms with E-state index in [4.69, 9.17) is 0 Å². The average molecular weight is 277 g/mol. The lowest BCUT2D eigenvalue weighted by atomic mass is 10.0. The van der Waals surface area contributed by atoms with E-state index in [-0.39, 0.29) is 5.91 Å². The summed E-state index contributed by atoms with van der Waals surface area (Å²) in [5, 5.41) is 3.14. The normalized spacial score (nSPS) is 19.8. The Morgan fingerprint density at radius 2 is 2.00 bits per heavy atom. The van der Waals surface area contributed by atoms with Gasteiger partial charge in [-0.25, -0.2) is 4.98 Å². The van der Waals surface area contributed by atoms with Crippen LogP contribution in [-0.4, -0.2) is 65.4 Å². The molecule has 0 atom stereocenters. The molecule has 20 heavy (non-hydrogen) atoms. The molecule has 110 valence electrons. The van der Waals surface area contributed by atoms with Gasteiger partial charge in [-0.2, -0.15) is 0 Å². The summed E-state index contributed by atoms with van der Waals surface area (Å²) in [6, 6.07) is 0. The molecule has 0 saturated carbocycles. The number of aromatic nitrogens is 2. The van der Waals surface area contributed by atoms with E-state index in [1.165, 1.54) is 24.2 Å². The number of carbonyl (C=O) groups excluding carboxylic acids is 1. The number of nitrogens with one attached hydrogen (secondary N) is 2. The third-order valence-electron chi connectivity index (χ3n) is 4.22. The zero-order chi connectivity index (χ0) is 13.9. The highest BCUT2D eigenvalue weighted by molar-refractivity contribution is 5.80. The van der Waals surface area contributed by atoms with Crippen molar-refractivity contribution in [2.45, 2.75) is 25.7 Å². The minimum atomic E-state index is 0.160. The molecular formula is C14H23N5O. The van der Waals surface area contributed by atoms with E-state index >= 15 is 0 Å². The van der Waals surface area contributed by atoms with Crippen molar-refractivity contribution < 1.29 is 4.79 Å². The molecule has 1 aliphatic heterocycles. The van der Waals surface area contributed by atoms with Gasteiger partial charge < -0.3 is 20.1 Å². The Labute approximate surface area is 119 Å². The lowest BCUT2D eigenvalue weighted by molar-refractivity contribution is -0.130. The Kier molecular flexibility index (Phi) is 3.91. The van der Waals surface area contributed by atoms with Crippen LogP contribution in [0, 0.1) is 0 Å². The van der Waals surface area contributed by atoms with Crippen molar-refractivity contribution in [3.05, 3.63) is 11.4 Å². The van der Waals surface area contributed by atoms with Gasteiger partial charge in [0.05, 0.1) is 12.2 Å². The van der Waals surface area contributed by atoms with Gasteiger partial charge in [-0.15, -0.1) is 0 Å². The van der Waals surface area contributed by atoms with E-state index < -0.39 is 0 Å². The monoisotopic (exact) mass is 277 g/mol. The van der Waals surface area contributed by atoms with Crippen LogP contribution in [-0.2, 0) is 17.6 Å². The minimum Gasteiger partial charge on any atom is -0.347 e. The molecular weight excluding hydrogens is 254 g/mol. The second kappa shape index (κ2) is 5.83. The van der Waals surface area contributed by atoms with Crippen molar-refractivity contribution in [3.63, 3.8) is 0 Å². The first-order valence-electron chi connectivity index (χ1n) is 7.50. The third-order valence-corrected chi connectivity index (χ3v) is 4.22. The molecule has 1 amide bonds. The summed E-state index contributed by atoms with van der Waals surface area (Å²) in [6.07, 6.45) is 4.59. The van der Waals surface area contributed by atoms with E-state index in [1.807, 2.05) is 4.90 Å². The molecule has 1 aromatic rings. The van der Waals surface area contributed by atoms with Crippen LogP contribution in [0.4, 0.5) is 5.95 Å². The van der Waals surface area contributed by atoms with Crippen molar-refractivity contribution in [2.75, 3.05) is 45.1 Å². The first-order chi connectivity index (χ1) is 9.72. The van der Waals surface area contributed by atoms with Crippen LogP contribution >= 0.6 is 0 Å². The summed E-state index contributed by atoms with van der Waals surface area (Å²) >= 11 is 0. The average Bonchev–Trinajstić information content (AvgIpc) is 2.88. The number of likely N-dealkylation sites (N-methyl/N-ethyl adjacent to an activating group) is 1. The number of anilines is 1. The van der Waals surface area contributed by atoms with E-state index in [9.17, 15) is 4.79 Å². The maximum absolute atomic E-state index is 12.1. The Hall–Kier alpha value is -1.56. The number of fused-ring (bicyclic) bond motifs is 1. The van der Waals surface area contributed by atoms with Gasteiger partial charge in [-0.3, -0.25) is 4.79 Å². The largest absolute Gasteiger partial charge is 0.347 e. The molecule has 2 heterocycles. The van der Waals surface area contributed by atoms with Gasteiger partial charge in [0.25, 0.3) is 0 Å². The molecule has 6 nitrogen and oxygen atoms in total. The summed E-state index contributed by atoms with van der Waals surface area (Å²) in [5.41, 5.74) is 2.41. The number of aryl methyl sites for hydroxylation is 2. The lowest BCUT2D eigenvalue weighted by Gasteiger charge is -2.32. The van der Waals surface area contributed by atoms with E-state index in [0.29, 0.717) is 6.54 Å². The molecule has 2 aliphatic rings. The smallest absolute Gasteiger partial charge is 0.242 e. The Morgan fingerprint density at radius 1 is 1.25 bits per heavy atom. The molecule has 1 saturated heterocycles.